The molecule has 0 aromatic heterocycles. The van der Waals surface area contributed by atoms with E-state index in [4.69, 9.17) is 0 Å². The van der Waals surface area contributed by atoms with Gasteiger partial charge in [0.2, 0.25) is 6.29 Å². The van der Waals surface area contributed by atoms with E-state index in [0.717, 1.165) is 5.56 Å². The molecular weight excluding hydrogens is 264 g/mol. The van der Waals surface area contributed by atoms with Gasteiger partial charge in [0, 0.05) is 5.56 Å². The zero-order valence-electron chi connectivity index (χ0n) is 13.3. The topological polar surface area (TPSA) is 17.1 Å². The third kappa shape index (κ3) is 3.26. The van der Waals surface area contributed by atoms with E-state index in [0.29, 0.717) is 0 Å². The minimum absolute atomic E-state index is 0.819. The summed E-state index contributed by atoms with van der Waals surface area (Å²) in [5.74, 6) is 0. The molecule has 0 bridgehead atoms. The molecule has 105 valence electrons. The lowest BCUT2D eigenvalue weighted by atomic mass is 10.2. The molecule has 0 aliphatic carbocycles. The zero-order valence-corrected chi connectivity index (χ0v) is 15.3. The number of benzene rings is 1. The van der Waals surface area contributed by atoms with Gasteiger partial charge in [-0.15, -0.1) is 0 Å². The lowest BCUT2D eigenvalue weighted by Gasteiger charge is -2.31. The molecule has 0 heterocycles. The second kappa shape index (κ2) is 6.18. The van der Waals surface area contributed by atoms with E-state index in [1.54, 1.807) is 0 Å². The molecule has 0 aliphatic heterocycles. The number of carbonyl (C=O) groups excluding carboxylic acids is 1. The average molecular weight is 292 g/mol. The summed E-state index contributed by atoms with van der Waals surface area (Å²) in [6, 6.07) is 10.2. The fourth-order valence-electron chi connectivity index (χ4n) is 2.86. The van der Waals surface area contributed by atoms with E-state index in [1.165, 1.54) is 28.5 Å². The van der Waals surface area contributed by atoms with Crippen LogP contribution in [0, 0.1) is 0 Å². The first kappa shape index (κ1) is 16.4. The third-order valence-corrected chi connectivity index (χ3v) is 12.3. The van der Waals surface area contributed by atoms with Crippen molar-refractivity contribution in [2.24, 2.45) is 0 Å². The summed E-state index contributed by atoms with van der Waals surface area (Å²) in [6.07, 6.45) is 2.18. The Labute approximate surface area is 120 Å². The summed E-state index contributed by atoms with van der Waals surface area (Å²) in [6.45, 7) is 14.0. The Kier molecular flexibility index (Phi) is 5.33. The van der Waals surface area contributed by atoms with Crippen LogP contribution >= 0.6 is 0 Å². The fraction of sp³-hybridized carbons (Fsp3) is 0.562. The lowest BCUT2D eigenvalue weighted by molar-refractivity contribution is 0.563. The van der Waals surface area contributed by atoms with Crippen LogP contribution in [0.3, 0.4) is 0 Å². The summed E-state index contributed by atoms with van der Waals surface area (Å²) in [5.41, 5.74) is 0.819. The van der Waals surface area contributed by atoms with Crippen LogP contribution in [0.1, 0.15) is 26.3 Å². The van der Waals surface area contributed by atoms with Gasteiger partial charge in [-0.2, -0.15) is 0 Å². The van der Waals surface area contributed by atoms with E-state index in [2.05, 4.69) is 58.8 Å². The number of hydrogen-bond acceptors (Lipinski definition) is 1. The first-order valence-corrected chi connectivity index (χ1v) is 13.5. The normalized spacial score (nSPS) is 12.5. The minimum atomic E-state index is -1.51. The second-order valence-electron chi connectivity index (χ2n) is 6.45. The number of rotatable bonds is 6. The molecule has 1 aromatic rings. The molecule has 0 amide bonds. The maximum Gasteiger partial charge on any atom is 0.233 e. The van der Waals surface area contributed by atoms with Crippen LogP contribution in [-0.2, 0) is 4.79 Å². The molecular formula is C16H27OSi2. The minimum Gasteiger partial charge on any atom is -0.285 e. The molecule has 1 rings (SSSR count). The smallest absolute Gasteiger partial charge is 0.233 e. The molecule has 0 saturated heterocycles. The van der Waals surface area contributed by atoms with Crippen molar-refractivity contribution in [1.82, 2.24) is 0 Å². The molecule has 1 aromatic carbocycles. The Balaban J connectivity index is 3.50. The van der Waals surface area contributed by atoms with Crippen molar-refractivity contribution in [3.63, 3.8) is 0 Å². The first-order chi connectivity index (χ1) is 8.84. The highest BCUT2D eigenvalue weighted by molar-refractivity contribution is 6.93. The van der Waals surface area contributed by atoms with E-state index in [-0.39, 0.29) is 0 Å². The molecule has 0 fully saturated rings. The van der Waals surface area contributed by atoms with Crippen LogP contribution in [0.4, 0.5) is 0 Å². The van der Waals surface area contributed by atoms with Crippen LogP contribution in [0.25, 0.3) is 0 Å². The van der Waals surface area contributed by atoms with E-state index >= 15 is 0 Å². The van der Waals surface area contributed by atoms with E-state index in [1.807, 2.05) is 6.07 Å². The van der Waals surface area contributed by atoms with E-state index in [9.17, 15) is 4.79 Å². The van der Waals surface area contributed by atoms with Gasteiger partial charge in [-0.25, -0.2) is 0 Å². The van der Waals surface area contributed by atoms with Crippen LogP contribution in [0.15, 0.2) is 18.2 Å². The summed E-state index contributed by atoms with van der Waals surface area (Å²) < 4.78 is 0. The van der Waals surface area contributed by atoms with Crippen LogP contribution in [0.5, 0.6) is 0 Å². The summed E-state index contributed by atoms with van der Waals surface area (Å²) in [4.78, 5) is 11.3. The Bertz CT molecular complexity index is 434. The Hall–Kier alpha value is -0.676. The van der Waals surface area contributed by atoms with Gasteiger partial charge in [-0.1, -0.05) is 81.9 Å². The predicted molar refractivity (Wildman–Crippen MR) is 91.0 cm³/mol. The monoisotopic (exact) mass is 291 g/mol. The quantitative estimate of drug-likeness (QED) is 0.734. The van der Waals surface area contributed by atoms with Crippen molar-refractivity contribution >= 4 is 32.8 Å². The van der Waals surface area contributed by atoms with Gasteiger partial charge < -0.3 is 0 Å². The molecule has 3 heteroatoms. The van der Waals surface area contributed by atoms with Crippen LogP contribution < -0.4 is 10.4 Å². The molecule has 0 aliphatic rings. The van der Waals surface area contributed by atoms with Crippen LogP contribution in [0.2, 0.25) is 37.8 Å². The molecule has 0 unspecified atom stereocenters. The summed E-state index contributed by atoms with van der Waals surface area (Å²) in [5, 5.41) is 2.82. The third-order valence-electron chi connectivity index (χ3n) is 4.60. The predicted octanol–water partition coefficient (Wildman–Crippen LogP) is 3.41. The molecule has 1 radical (unpaired) electrons. The maximum atomic E-state index is 11.3. The lowest BCUT2D eigenvalue weighted by Crippen LogP contribution is -2.51. The van der Waals surface area contributed by atoms with Crippen LogP contribution in [-0.4, -0.2) is 22.4 Å². The second-order valence-corrected chi connectivity index (χ2v) is 16.8. The highest BCUT2D eigenvalue weighted by Crippen LogP contribution is 2.21. The van der Waals surface area contributed by atoms with Gasteiger partial charge >= 0.3 is 0 Å². The van der Waals surface area contributed by atoms with Crippen molar-refractivity contribution < 1.29 is 4.79 Å². The SMILES string of the molecule is CC[Si](CC)(CC)c1cc([Si](C)(C)C)ccc1[C]=O. The molecule has 0 spiro atoms. The first-order valence-electron chi connectivity index (χ1n) is 7.37. The largest absolute Gasteiger partial charge is 0.285 e. The maximum absolute atomic E-state index is 11.3. The van der Waals surface area contributed by atoms with Gasteiger partial charge in [0.05, 0.1) is 16.1 Å². The highest BCUT2D eigenvalue weighted by atomic mass is 28.3. The van der Waals surface area contributed by atoms with Gasteiger partial charge in [0.25, 0.3) is 0 Å². The van der Waals surface area contributed by atoms with Crippen molar-refractivity contribution in [2.75, 3.05) is 0 Å². The average Bonchev–Trinajstić information content (AvgIpc) is 2.40. The zero-order chi connectivity index (χ0) is 14.7. The molecule has 19 heavy (non-hydrogen) atoms. The van der Waals surface area contributed by atoms with Crippen molar-refractivity contribution in [3.8, 4) is 0 Å². The van der Waals surface area contributed by atoms with Gasteiger partial charge in [-0.3, -0.25) is 4.79 Å². The Morgan fingerprint density at radius 2 is 1.53 bits per heavy atom. The van der Waals surface area contributed by atoms with Crippen molar-refractivity contribution in [3.05, 3.63) is 23.8 Å². The Morgan fingerprint density at radius 3 is 1.89 bits per heavy atom. The summed E-state index contributed by atoms with van der Waals surface area (Å²) in [7, 11) is -2.83. The molecule has 0 atom stereocenters. The van der Waals surface area contributed by atoms with Crippen molar-refractivity contribution in [2.45, 2.75) is 58.5 Å². The Morgan fingerprint density at radius 1 is 1.00 bits per heavy atom. The fourth-order valence-corrected chi connectivity index (χ4v) is 7.98. The molecule has 0 saturated carbocycles. The molecule has 0 N–H and O–H groups in total. The number of hydrogen-bond donors (Lipinski definition) is 0. The summed E-state index contributed by atoms with van der Waals surface area (Å²) >= 11 is 0. The standard InChI is InChI=1S/C16H27OSi2/c1-7-19(8-2,9-3)16-12-15(18(4,5)6)11-10-14(16)13-17/h10-12H,7-9H2,1-6H3. The van der Waals surface area contributed by atoms with Gasteiger partial charge in [-0.05, 0) is 5.19 Å². The van der Waals surface area contributed by atoms with Crippen molar-refractivity contribution in [1.29, 1.82) is 0 Å². The van der Waals surface area contributed by atoms with Gasteiger partial charge in [0.1, 0.15) is 0 Å². The highest BCUT2D eigenvalue weighted by Gasteiger charge is 2.32. The molecule has 1 nitrogen and oxygen atoms in total. The van der Waals surface area contributed by atoms with E-state index < -0.39 is 16.1 Å². The van der Waals surface area contributed by atoms with Gasteiger partial charge in [0.15, 0.2) is 0 Å².